The van der Waals surface area contributed by atoms with Crippen LogP contribution in [0.25, 0.3) is 0 Å². The maximum absolute atomic E-state index is 11.3. The van der Waals surface area contributed by atoms with Crippen LogP contribution < -0.4 is 5.32 Å². The van der Waals surface area contributed by atoms with Crippen LogP contribution in [0, 0.1) is 5.92 Å². The molecule has 6 nitrogen and oxygen atoms in total. The van der Waals surface area contributed by atoms with Crippen molar-refractivity contribution in [3.05, 3.63) is 11.6 Å². The first-order valence-corrected chi connectivity index (χ1v) is 7.94. The molecule has 94 valence electrons. The zero-order valence-electron chi connectivity index (χ0n) is 9.76. The quantitative estimate of drug-likeness (QED) is 0.815. The fraction of sp³-hybridized carbons (Fsp3) is 0.800. The van der Waals surface area contributed by atoms with E-state index in [1.54, 1.807) is 0 Å². The molecule has 1 unspecified atom stereocenters. The lowest BCUT2D eigenvalue weighted by molar-refractivity contribution is 0.378. The molecule has 17 heavy (non-hydrogen) atoms. The first-order chi connectivity index (χ1) is 8.04. The zero-order chi connectivity index (χ0) is 12.0. The number of fused-ring (bicyclic) bond motifs is 1. The highest BCUT2D eigenvalue weighted by Crippen LogP contribution is 2.41. The Morgan fingerprint density at radius 3 is 2.82 bits per heavy atom. The fourth-order valence-corrected chi connectivity index (χ4v) is 3.08. The second kappa shape index (κ2) is 3.78. The first-order valence-electron chi connectivity index (χ1n) is 5.88. The molecule has 1 aromatic rings. The lowest BCUT2D eigenvalue weighted by atomic mass is 10.1. The van der Waals surface area contributed by atoms with Crippen LogP contribution in [0.1, 0.15) is 30.5 Å². The maximum Gasteiger partial charge on any atom is 0.154 e. The van der Waals surface area contributed by atoms with Crippen molar-refractivity contribution in [3.8, 4) is 0 Å². The molecule has 0 bridgehead atoms. The molecule has 0 aromatic carbocycles. The number of hydrogen-bond acceptors (Lipinski definition) is 5. The number of rotatable bonds is 3. The predicted molar refractivity (Wildman–Crippen MR) is 62.0 cm³/mol. The molecular weight excluding hydrogens is 240 g/mol. The Morgan fingerprint density at radius 1 is 1.41 bits per heavy atom. The van der Waals surface area contributed by atoms with Crippen molar-refractivity contribution in [1.29, 1.82) is 0 Å². The Bertz CT molecular complexity index is 533. The molecule has 0 radical (unpaired) electrons. The second-order valence-electron chi connectivity index (χ2n) is 4.97. The highest BCUT2D eigenvalue weighted by Gasteiger charge is 2.37. The Hall–Kier alpha value is -0.950. The number of nitrogens with zero attached hydrogens (tertiary/aromatic N) is 3. The Kier molecular flexibility index (Phi) is 2.48. The van der Waals surface area contributed by atoms with E-state index < -0.39 is 9.84 Å². The van der Waals surface area contributed by atoms with Gasteiger partial charge >= 0.3 is 0 Å². The van der Waals surface area contributed by atoms with E-state index in [1.165, 1.54) is 19.1 Å². The molecular formula is C10H16N4O2S. The summed E-state index contributed by atoms with van der Waals surface area (Å²) < 4.78 is 24.6. The third kappa shape index (κ3) is 2.21. The van der Waals surface area contributed by atoms with Crippen LogP contribution >= 0.6 is 0 Å². The van der Waals surface area contributed by atoms with Crippen LogP contribution in [0.3, 0.4) is 0 Å². The van der Waals surface area contributed by atoms with E-state index in [4.69, 9.17) is 0 Å². The van der Waals surface area contributed by atoms with E-state index >= 15 is 0 Å². The average Bonchev–Trinajstić information content (AvgIpc) is 3.01. The minimum atomic E-state index is -3.05. The minimum Gasteiger partial charge on any atom is -0.311 e. The SMILES string of the molecule is CS(=O)(=O)Cc1nnc2n1CCNC2C1CC1. The van der Waals surface area contributed by atoms with Crippen LogP contribution in [-0.4, -0.2) is 36.0 Å². The Morgan fingerprint density at radius 2 is 2.18 bits per heavy atom. The molecule has 1 N–H and O–H groups in total. The molecule has 2 heterocycles. The van der Waals surface area contributed by atoms with Crippen molar-refractivity contribution >= 4 is 9.84 Å². The van der Waals surface area contributed by atoms with E-state index in [2.05, 4.69) is 15.5 Å². The van der Waals surface area contributed by atoms with E-state index in [0.717, 1.165) is 18.9 Å². The van der Waals surface area contributed by atoms with Gasteiger partial charge in [0.15, 0.2) is 15.7 Å². The van der Waals surface area contributed by atoms with Crippen molar-refractivity contribution in [1.82, 2.24) is 20.1 Å². The van der Waals surface area contributed by atoms with Gasteiger partial charge in [-0.05, 0) is 18.8 Å². The number of sulfone groups is 1. The van der Waals surface area contributed by atoms with Gasteiger partial charge in [0, 0.05) is 19.3 Å². The van der Waals surface area contributed by atoms with Gasteiger partial charge in [-0.1, -0.05) is 0 Å². The van der Waals surface area contributed by atoms with Crippen LogP contribution in [-0.2, 0) is 22.1 Å². The third-order valence-electron chi connectivity index (χ3n) is 3.32. The molecule has 1 atom stereocenters. The predicted octanol–water partition coefficient (Wildman–Crippen LogP) is -0.123. The summed E-state index contributed by atoms with van der Waals surface area (Å²) in [5.41, 5.74) is 0. The molecule has 0 spiro atoms. The second-order valence-corrected chi connectivity index (χ2v) is 7.11. The minimum absolute atomic E-state index is 0.0165. The zero-order valence-corrected chi connectivity index (χ0v) is 10.6. The molecule has 1 saturated carbocycles. The summed E-state index contributed by atoms with van der Waals surface area (Å²) in [5.74, 6) is 2.13. The van der Waals surface area contributed by atoms with Crippen molar-refractivity contribution in [2.45, 2.75) is 31.2 Å². The molecule has 0 saturated heterocycles. The molecule has 1 aliphatic carbocycles. The molecule has 1 aliphatic heterocycles. The monoisotopic (exact) mass is 256 g/mol. The average molecular weight is 256 g/mol. The van der Waals surface area contributed by atoms with Gasteiger partial charge in [0.05, 0.1) is 6.04 Å². The van der Waals surface area contributed by atoms with E-state index in [-0.39, 0.29) is 11.8 Å². The summed E-state index contributed by atoms with van der Waals surface area (Å²) in [5, 5.41) is 11.6. The smallest absolute Gasteiger partial charge is 0.154 e. The largest absolute Gasteiger partial charge is 0.311 e. The number of aromatic nitrogens is 3. The molecule has 7 heteroatoms. The van der Waals surface area contributed by atoms with Gasteiger partial charge in [-0.15, -0.1) is 10.2 Å². The fourth-order valence-electron chi connectivity index (χ4n) is 2.39. The van der Waals surface area contributed by atoms with Crippen LogP contribution in [0.4, 0.5) is 0 Å². The van der Waals surface area contributed by atoms with Crippen LogP contribution in [0.5, 0.6) is 0 Å². The standard InChI is InChI=1S/C10H16N4O2S/c1-17(15,16)6-8-12-13-10-9(7-2-3-7)11-4-5-14(8)10/h7,9,11H,2-6H2,1H3. The van der Waals surface area contributed by atoms with Gasteiger partial charge in [-0.2, -0.15) is 0 Å². The number of nitrogens with one attached hydrogen (secondary N) is 1. The van der Waals surface area contributed by atoms with Crippen LogP contribution in [0.15, 0.2) is 0 Å². The van der Waals surface area contributed by atoms with Crippen LogP contribution in [0.2, 0.25) is 0 Å². The highest BCUT2D eigenvalue weighted by atomic mass is 32.2. The van der Waals surface area contributed by atoms with Gasteiger partial charge in [0.1, 0.15) is 11.6 Å². The Balaban J connectivity index is 1.93. The summed E-state index contributed by atoms with van der Waals surface area (Å²) in [6.45, 7) is 1.62. The highest BCUT2D eigenvalue weighted by molar-refractivity contribution is 7.89. The molecule has 1 fully saturated rings. The van der Waals surface area contributed by atoms with Gasteiger partial charge in [0.2, 0.25) is 0 Å². The Labute approximate surface area is 100 Å². The lowest BCUT2D eigenvalue weighted by Crippen LogP contribution is -2.35. The van der Waals surface area contributed by atoms with E-state index in [0.29, 0.717) is 11.7 Å². The number of hydrogen-bond donors (Lipinski definition) is 1. The molecule has 3 rings (SSSR count). The maximum atomic E-state index is 11.3. The van der Waals surface area contributed by atoms with Crippen molar-refractivity contribution < 1.29 is 8.42 Å². The normalized spacial score (nSPS) is 24.6. The van der Waals surface area contributed by atoms with Gasteiger partial charge in [-0.25, -0.2) is 8.42 Å². The summed E-state index contributed by atoms with van der Waals surface area (Å²) in [7, 11) is -3.05. The summed E-state index contributed by atoms with van der Waals surface area (Å²) >= 11 is 0. The molecule has 0 amide bonds. The summed E-state index contributed by atoms with van der Waals surface area (Å²) in [6.07, 6.45) is 3.69. The molecule has 2 aliphatic rings. The molecule has 1 aromatic heterocycles. The summed E-state index contributed by atoms with van der Waals surface area (Å²) in [6, 6.07) is 0.268. The van der Waals surface area contributed by atoms with Crippen molar-refractivity contribution in [3.63, 3.8) is 0 Å². The van der Waals surface area contributed by atoms with E-state index in [9.17, 15) is 8.42 Å². The van der Waals surface area contributed by atoms with Crippen molar-refractivity contribution in [2.24, 2.45) is 5.92 Å². The van der Waals surface area contributed by atoms with Gasteiger partial charge in [0.25, 0.3) is 0 Å². The van der Waals surface area contributed by atoms with E-state index in [1.807, 2.05) is 4.57 Å². The summed E-state index contributed by atoms with van der Waals surface area (Å²) in [4.78, 5) is 0. The topological polar surface area (TPSA) is 76.9 Å². The van der Waals surface area contributed by atoms with Gasteiger partial charge in [-0.3, -0.25) is 0 Å². The lowest BCUT2D eigenvalue weighted by Gasteiger charge is -2.24. The first kappa shape index (κ1) is 11.2. The van der Waals surface area contributed by atoms with Gasteiger partial charge < -0.3 is 9.88 Å². The van der Waals surface area contributed by atoms with Crippen molar-refractivity contribution in [2.75, 3.05) is 12.8 Å². The third-order valence-corrected chi connectivity index (χ3v) is 4.10.